The first-order valence-electron chi connectivity index (χ1n) is 10.5. The first-order valence-corrected chi connectivity index (χ1v) is 12.0. The zero-order valence-corrected chi connectivity index (χ0v) is 18.3. The summed E-state index contributed by atoms with van der Waals surface area (Å²) in [5.74, 6) is 0.455. The first-order chi connectivity index (χ1) is 13.8. The van der Waals surface area contributed by atoms with E-state index in [1.165, 1.54) is 12.8 Å². The van der Waals surface area contributed by atoms with Crippen molar-refractivity contribution < 1.29 is 13.2 Å². The van der Waals surface area contributed by atoms with Crippen LogP contribution in [0.4, 0.5) is 0 Å². The predicted molar refractivity (Wildman–Crippen MR) is 114 cm³/mol. The third-order valence-electron chi connectivity index (χ3n) is 5.78. The van der Waals surface area contributed by atoms with Crippen molar-refractivity contribution in [3.05, 3.63) is 29.8 Å². The van der Waals surface area contributed by atoms with Crippen LogP contribution in [0.15, 0.2) is 34.2 Å². The summed E-state index contributed by atoms with van der Waals surface area (Å²) in [7, 11) is -3.62. The Morgan fingerprint density at radius 1 is 1.24 bits per heavy atom. The lowest BCUT2D eigenvalue weighted by molar-refractivity contribution is -0.123. The van der Waals surface area contributed by atoms with E-state index in [4.69, 9.17) is 0 Å². The molecule has 1 unspecified atom stereocenters. The molecule has 8 heteroatoms. The van der Waals surface area contributed by atoms with Gasteiger partial charge in [0.2, 0.25) is 5.91 Å². The highest BCUT2D eigenvalue weighted by molar-refractivity contribution is 7.90. The minimum Gasteiger partial charge on any atom is -0.354 e. The number of amides is 1. The fourth-order valence-electron chi connectivity index (χ4n) is 3.89. The van der Waals surface area contributed by atoms with Crippen LogP contribution in [-0.4, -0.2) is 57.3 Å². The molecular formula is C21H32N4O3S. The van der Waals surface area contributed by atoms with Crippen LogP contribution in [-0.2, 0) is 14.8 Å². The van der Waals surface area contributed by atoms with E-state index in [0.29, 0.717) is 18.0 Å². The van der Waals surface area contributed by atoms with Gasteiger partial charge in [-0.3, -0.25) is 14.5 Å². The van der Waals surface area contributed by atoms with E-state index in [1.54, 1.807) is 24.3 Å². The average Bonchev–Trinajstić information content (AvgIpc) is 3.30. The SMILES string of the molecule is CC[C@H](C)[C@H](N=C1NS(=O)(=O)c2ccccc21)C(=O)NCC(C)CN1CCCC1. The molecule has 1 saturated heterocycles. The molecule has 160 valence electrons. The van der Waals surface area contributed by atoms with E-state index >= 15 is 0 Å². The standard InChI is InChI=1S/C21H32N4O3S/c1-4-16(3)19(21(26)22-13-15(2)14-25-11-7-8-12-25)23-20-17-9-5-6-10-18(17)29(27,28)24-20/h5-6,9-10,15-16,19H,4,7-8,11-14H2,1-3H3,(H,22,26)(H,23,24)/t15?,16-,19-/m0/s1. The zero-order valence-electron chi connectivity index (χ0n) is 17.5. The van der Waals surface area contributed by atoms with E-state index in [-0.39, 0.29) is 22.6 Å². The number of hydrogen-bond donors (Lipinski definition) is 2. The highest BCUT2D eigenvalue weighted by atomic mass is 32.2. The smallest absolute Gasteiger partial charge is 0.263 e. The average molecular weight is 421 g/mol. The Bertz CT molecular complexity index is 862. The Balaban J connectivity index is 1.71. The lowest BCUT2D eigenvalue weighted by Gasteiger charge is -2.23. The first kappa shape index (κ1) is 21.8. The number of rotatable bonds is 8. The van der Waals surface area contributed by atoms with Crippen LogP contribution in [0.3, 0.4) is 0 Å². The van der Waals surface area contributed by atoms with E-state index in [9.17, 15) is 13.2 Å². The number of carbonyl (C=O) groups excluding carboxylic acids is 1. The second-order valence-electron chi connectivity index (χ2n) is 8.27. The van der Waals surface area contributed by atoms with Crippen molar-refractivity contribution in [3.63, 3.8) is 0 Å². The molecule has 7 nitrogen and oxygen atoms in total. The lowest BCUT2D eigenvalue weighted by Crippen LogP contribution is -2.42. The maximum atomic E-state index is 12.9. The number of carbonyl (C=O) groups is 1. The quantitative estimate of drug-likeness (QED) is 0.673. The Morgan fingerprint density at radius 2 is 1.93 bits per heavy atom. The summed E-state index contributed by atoms with van der Waals surface area (Å²) in [6.07, 6.45) is 3.28. The van der Waals surface area contributed by atoms with Crippen LogP contribution in [0.2, 0.25) is 0 Å². The van der Waals surface area contributed by atoms with Gasteiger partial charge in [0.1, 0.15) is 11.9 Å². The summed E-state index contributed by atoms with van der Waals surface area (Å²) in [6, 6.07) is 6.09. The van der Waals surface area contributed by atoms with Gasteiger partial charge in [0.25, 0.3) is 10.0 Å². The molecule has 0 saturated carbocycles. The summed E-state index contributed by atoms with van der Waals surface area (Å²) >= 11 is 0. The summed E-state index contributed by atoms with van der Waals surface area (Å²) < 4.78 is 27.2. The minimum absolute atomic E-state index is 0.00588. The van der Waals surface area contributed by atoms with Gasteiger partial charge >= 0.3 is 0 Å². The van der Waals surface area contributed by atoms with E-state index < -0.39 is 16.1 Å². The molecule has 29 heavy (non-hydrogen) atoms. The van der Waals surface area contributed by atoms with Crippen LogP contribution in [0.1, 0.15) is 45.6 Å². The third-order valence-corrected chi connectivity index (χ3v) is 7.17. The number of fused-ring (bicyclic) bond motifs is 1. The number of nitrogens with one attached hydrogen (secondary N) is 2. The minimum atomic E-state index is -3.62. The third kappa shape index (κ3) is 5.17. The van der Waals surface area contributed by atoms with Gasteiger partial charge < -0.3 is 10.2 Å². The molecule has 1 fully saturated rings. The molecule has 3 rings (SSSR count). The number of amidine groups is 1. The molecule has 0 aliphatic carbocycles. The fraction of sp³-hybridized carbons (Fsp3) is 0.619. The van der Waals surface area contributed by atoms with Gasteiger partial charge in [-0.05, 0) is 49.9 Å². The maximum absolute atomic E-state index is 12.9. The van der Waals surface area contributed by atoms with Crippen molar-refractivity contribution in [1.82, 2.24) is 14.9 Å². The molecule has 1 amide bonds. The van der Waals surface area contributed by atoms with Gasteiger partial charge in [0.15, 0.2) is 0 Å². The fourth-order valence-corrected chi connectivity index (χ4v) is 5.13. The Labute approximate surface area is 174 Å². The lowest BCUT2D eigenvalue weighted by atomic mass is 9.98. The molecule has 2 aliphatic rings. The Hall–Kier alpha value is -1.93. The topological polar surface area (TPSA) is 90.9 Å². The Kier molecular flexibility index (Phi) is 6.95. The number of sulfonamides is 1. The van der Waals surface area contributed by atoms with Crippen LogP contribution in [0, 0.1) is 11.8 Å². The molecule has 0 bridgehead atoms. The van der Waals surface area contributed by atoms with Gasteiger partial charge in [-0.25, -0.2) is 8.42 Å². The van der Waals surface area contributed by atoms with Crippen molar-refractivity contribution in [2.24, 2.45) is 16.8 Å². The highest BCUT2D eigenvalue weighted by Crippen LogP contribution is 2.24. The predicted octanol–water partition coefficient (Wildman–Crippen LogP) is 1.99. The van der Waals surface area contributed by atoms with E-state index in [1.807, 2.05) is 13.8 Å². The number of hydrogen-bond acceptors (Lipinski definition) is 5. The molecular weight excluding hydrogens is 388 g/mol. The monoisotopic (exact) mass is 420 g/mol. The maximum Gasteiger partial charge on any atom is 0.263 e. The molecule has 3 atom stereocenters. The summed E-state index contributed by atoms with van der Waals surface area (Å²) in [5.41, 5.74) is 0.524. The second kappa shape index (κ2) is 9.26. The molecule has 0 spiro atoms. The number of likely N-dealkylation sites (tertiary alicyclic amines) is 1. The molecule has 2 heterocycles. The Morgan fingerprint density at radius 3 is 2.62 bits per heavy atom. The van der Waals surface area contributed by atoms with Gasteiger partial charge in [-0.15, -0.1) is 0 Å². The van der Waals surface area contributed by atoms with E-state index in [0.717, 1.165) is 26.1 Å². The van der Waals surface area contributed by atoms with Crippen molar-refractivity contribution in [2.75, 3.05) is 26.2 Å². The highest BCUT2D eigenvalue weighted by Gasteiger charge is 2.33. The second-order valence-corrected chi connectivity index (χ2v) is 9.92. The summed E-state index contributed by atoms with van der Waals surface area (Å²) in [5, 5.41) is 3.04. The number of nitrogens with zero attached hydrogens (tertiary/aromatic N) is 2. The van der Waals surface area contributed by atoms with Gasteiger partial charge in [-0.2, -0.15) is 0 Å². The van der Waals surface area contributed by atoms with Crippen LogP contribution in [0.25, 0.3) is 0 Å². The molecule has 0 aromatic heterocycles. The van der Waals surface area contributed by atoms with Gasteiger partial charge in [0.05, 0.1) is 4.90 Å². The van der Waals surface area contributed by atoms with Crippen molar-refractivity contribution >= 4 is 21.8 Å². The molecule has 2 N–H and O–H groups in total. The zero-order chi connectivity index (χ0) is 21.0. The van der Waals surface area contributed by atoms with Crippen molar-refractivity contribution in [2.45, 2.75) is 51.0 Å². The van der Waals surface area contributed by atoms with Gasteiger partial charge in [-0.1, -0.05) is 39.3 Å². The number of aliphatic imine (C=N–C) groups is 1. The largest absolute Gasteiger partial charge is 0.354 e. The number of benzene rings is 1. The van der Waals surface area contributed by atoms with Crippen molar-refractivity contribution in [1.29, 1.82) is 0 Å². The van der Waals surface area contributed by atoms with Crippen LogP contribution < -0.4 is 10.0 Å². The van der Waals surface area contributed by atoms with Crippen molar-refractivity contribution in [3.8, 4) is 0 Å². The summed E-state index contributed by atoms with van der Waals surface area (Å²) in [4.78, 5) is 20.2. The molecule has 1 aromatic rings. The van der Waals surface area contributed by atoms with Gasteiger partial charge in [0, 0.05) is 18.7 Å². The normalized spacial score (nSPS) is 22.7. The molecule has 2 aliphatic heterocycles. The summed E-state index contributed by atoms with van der Waals surface area (Å²) in [6.45, 7) is 9.97. The van der Waals surface area contributed by atoms with E-state index in [2.05, 4.69) is 26.9 Å². The molecule has 1 aromatic carbocycles. The van der Waals surface area contributed by atoms with Crippen LogP contribution in [0.5, 0.6) is 0 Å². The van der Waals surface area contributed by atoms with Crippen LogP contribution >= 0.6 is 0 Å². The molecule has 0 radical (unpaired) electrons.